The van der Waals surface area contributed by atoms with Gasteiger partial charge in [0.1, 0.15) is 11.9 Å². The molecule has 1 aromatic rings. The van der Waals surface area contributed by atoms with Gasteiger partial charge in [0.2, 0.25) is 0 Å². The van der Waals surface area contributed by atoms with Crippen molar-refractivity contribution < 1.29 is 4.74 Å². The summed E-state index contributed by atoms with van der Waals surface area (Å²) in [4.78, 5) is 0. The number of halogens is 1. The molecule has 3 heteroatoms. The van der Waals surface area contributed by atoms with Crippen molar-refractivity contribution in [2.75, 3.05) is 7.05 Å². The van der Waals surface area contributed by atoms with E-state index in [1.165, 1.54) is 31.2 Å². The molecule has 0 aliphatic heterocycles. The van der Waals surface area contributed by atoms with E-state index < -0.39 is 0 Å². The molecule has 0 heterocycles. The molecule has 0 saturated heterocycles. The standard InChI is InChI=1S/C18H26BrNO/c1-12(2)14-10-13(19)6-7-15(14)21-17-11-16(20-3)18(17)8-4-5-9-18/h6-7,10,12,16-17,20H,4-5,8-9,11H2,1-3H3. The van der Waals surface area contributed by atoms with Gasteiger partial charge >= 0.3 is 0 Å². The quantitative estimate of drug-likeness (QED) is 0.835. The van der Waals surface area contributed by atoms with Crippen LogP contribution >= 0.6 is 15.9 Å². The van der Waals surface area contributed by atoms with Crippen molar-refractivity contribution in [1.29, 1.82) is 0 Å². The summed E-state index contributed by atoms with van der Waals surface area (Å²) in [5.74, 6) is 1.57. The first-order chi connectivity index (χ1) is 10.1. The molecule has 0 radical (unpaired) electrons. The van der Waals surface area contributed by atoms with Gasteiger partial charge in [-0.05, 0) is 49.6 Å². The highest BCUT2D eigenvalue weighted by molar-refractivity contribution is 9.10. The molecule has 2 atom stereocenters. The van der Waals surface area contributed by atoms with Crippen LogP contribution < -0.4 is 10.1 Å². The summed E-state index contributed by atoms with van der Waals surface area (Å²) in [6.45, 7) is 4.47. The lowest BCUT2D eigenvalue weighted by Crippen LogP contribution is -2.63. The largest absolute Gasteiger partial charge is 0.489 e. The Labute approximate surface area is 136 Å². The molecule has 2 unspecified atom stereocenters. The smallest absolute Gasteiger partial charge is 0.123 e. The lowest BCUT2D eigenvalue weighted by molar-refractivity contribution is -0.0741. The molecule has 3 rings (SSSR count). The van der Waals surface area contributed by atoms with Crippen molar-refractivity contribution >= 4 is 15.9 Å². The van der Waals surface area contributed by atoms with Crippen molar-refractivity contribution in [3.63, 3.8) is 0 Å². The van der Waals surface area contributed by atoms with Gasteiger partial charge in [-0.25, -0.2) is 0 Å². The molecule has 1 aromatic carbocycles. The molecule has 1 spiro atoms. The third-order valence-corrected chi connectivity index (χ3v) is 6.02. The lowest BCUT2D eigenvalue weighted by atomic mass is 9.60. The third-order valence-electron chi connectivity index (χ3n) is 5.53. The van der Waals surface area contributed by atoms with E-state index in [1.54, 1.807) is 0 Å². The van der Waals surface area contributed by atoms with Crippen molar-refractivity contribution in [3.05, 3.63) is 28.2 Å². The molecule has 0 aromatic heterocycles. The average Bonchev–Trinajstić information content (AvgIpc) is 2.96. The second-order valence-corrected chi connectivity index (χ2v) is 7.88. The van der Waals surface area contributed by atoms with E-state index in [9.17, 15) is 0 Å². The van der Waals surface area contributed by atoms with Gasteiger partial charge in [-0.1, -0.05) is 42.6 Å². The first kappa shape index (κ1) is 15.4. The predicted molar refractivity (Wildman–Crippen MR) is 91.0 cm³/mol. The van der Waals surface area contributed by atoms with E-state index in [4.69, 9.17) is 4.74 Å². The zero-order valence-corrected chi connectivity index (χ0v) is 14.9. The summed E-state index contributed by atoms with van der Waals surface area (Å²) in [5.41, 5.74) is 1.70. The molecule has 116 valence electrons. The minimum atomic E-state index is 0.385. The van der Waals surface area contributed by atoms with Gasteiger partial charge in [0.25, 0.3) is 0 Å². The summed E-state index contributed by atoms with van der Waals surface area (Å²) in [5, 5.41) is 3.51. The van der Waals surface area contributed by atoms with Crippen molar-refractivity contribution in [2.24, 2.45) is 5.41 Å². The summed E-state index contributed by atoms with van der Waals surface area (Å²) in [6.07, 6.45) is 6.87. The van der Waals surface area contributed by atoms with Crippen LogP contribution in [-0.2, 0) is 0 Å². The van der Waals surface area contributed by atoms with Crippen LogP contribution in [0.2, 0.25) is 0 Å². The summed E-state index contributed by atoms with van der Waals surface area (Å²) in [7, 11) is 2.10. The molecule has 2 aliphatic rings. The van der Waals surface area contributed by atoms with E-state index in [-0.39, 0.29) is 0 Å². The molecule has 2 fully saturated rings. The van der Waals surface area contributed by atoms with E-state index in [0.29, 0.717) is 23.5 Å². The molecule has 2 aliphatic carbocycles. The van der Waals surface area contributed by atoms with Gasteiger partial charge in [-0.15, -0.1) is 0 Å². The topological polar surface area (TPSA) is 21.3 Å². The fraction of sp³-hybridized carbons (Fsp3) is 0.667. The molecule has 0 amide bonds. The summed E-state index contributed by atoms with van der Waals surface area (Å²) in [6, 6.07) is 7.07. The zero-order valence-electron chi connectivity index (χ0n) is 13.3. The number of benzene rings is 1. The normalized spacial score (nSPS) is 27.1. The van der Waals surface area contributed by atoms with Crippen molar-refractivity contribution in [2.45, 2.75) is 64.0 Å². The SMILES string of the molecule is CNC1CC(Oc2ccc(Br)cc2C(C)C)C12CCCC2. The Morgan fingerprint density at radius 1 is 1.29 bits per heavy atom. The maximum atomic E-state index is 6.51. The molecule has 2 saturated carbocycles. The molecular formula is C18H26BrNO. The van der Waals surface area contributed by atoms with Crippen LogP contribution in [0.4, 0.5) is 0 Å². The zero-order chi connectivity index (χ0) is 15.0. The van der Waals surface area contributed by atoms with Crippen LogP contribution in [0.15, 0.2) is 22.7 Å². The maximum absolute atomic E-state index is 6.51. The monoisotopic (exact) mass is 351 g/mol. The number of ether oxygens (including phenoxy) is 1. The van der Waals surface area contributed by atoms with Gasteiger partial charge in [0, 0.05) is 22.4 Å². The van der Waals surface area contributed by atoms with Crippen LogP contribution in [0.3, 0.4) is 0 Å². The minimum Gasteiger partial charge on any atom is -0.489 e. The number of nitrogens with one attached hydrogen (secondary N) is 1. The van der Waals surface area contributed by atoms with Crippen LogP contribution in [0, 0.1) is 5.41 Å². The van der Waals surface area contributed by atoms with Crippen molar-refractivity contribution in [3.8, 4) is 5.75 Å². The number of rotatable bonds is 4. The highest BCUT2D eigenvalue weighted by Crippen LogP contribution is 2.54. The predicted octanol–water partition coefficient (Wildman–Crippen LogP) is 4.87. The molecule has 0 bridgehead atoms. The Hall–Kier alpha value is -0.540. The Bertz CT molecular complexity index is 508. The summed E-state index contributed by atoms with van der Waals surface area (Å²) < 4.78 is 7.64. The highest BCUT2D eigenvalue weighted by Gasteiger charge is 2.57. The molecule has 21 heavy (non-hydrogen) atoms. The van der Waals surface area contributed by atoms with E-state index in [1.807, 2.05) is 0 Å². The van der Waals surface area contributed by atoms with Gasteiger partial charge in [0.05, 0.1) is 0 Å². The van der Waals surface area contributed by atoms with Crippen LogP contribution in [0.1, 0.15) is 57.4 Å². The van der Waals surface area contributed by atoms with E-state index >= 15 is 0 Å². The second-order valence-electron chi connectivity index (χ2n) is 6.96. The number of hydrogen-bond donors (Lipinski definition) is 1. The van der Waals surface area contributed by atoms with E-state index in [2.05, 4.69) is 60.3 Å². The first-order valence-corrected chi connectivity index (χ1v) is 8.99. The first-order valence-electron chi connectivity index (χ1n) is 8.20. The Kier molecular flexibility index (Phi) is 4.33. The van der Waals surface area contributed by atoms with Crippen molar-refractivity contribution in [1.82, 2.24) is 5.32 Å². The highest BCUT2D eigenvalue weighted by atomic mass is 79.9. The Balaban J connectivity index is 1.81. The van der Waals surface area contributed by atoms with Crippen LogP contribution in [0.5, 0.6) is 5.75 Å². The number of hydrogen-bond acceptors (Lipinski definition) is 2. The molecule has 2 nitrogen and oxygen atoms in total. The van der Waals surface area contributed by atoms with Gasteiger partial charge in [0.15, 0.2) is 0 Å². The second kappa shape index (κ2) is 5.92. The lowest BCUT2D eigenvalue weighted by Gasteiger charge is -2.53. The Morgan fingerprint density at radius 3 is 2.62 bits per heavy atom. The van der Waals surface area contributed by atoms with Crippen LogP contribution in [0.25, 0.3) is 0 Å². The molecule has 1 N–H and O–H groups in total. The minimum absolute atomic E-state index is 0.385. The fourth-order valence-corrected chi connectivity index (χ4v) is 4.63. The third kappa shape index (κ3) is 2.63. The van der Waals surface area contributed by atoms with E-state index in [0.717, 1.165) is 16.6 Å². The van der Waals surface area contributed by atoms with Gasteiger partial charge in [-0.2, -0.15) is 0 Å². The fourth-order valence-electron chi connectivity index (χ4n) is 4.25. The maximum Gasteiger partial charge on any atom is 0.123 e. The Morgan fingerprint density at radius 2 is 2.00 bits per heavy atom. The van der Waals surface area contributed by atoms with Crippen LogP contribution in [-0.4, -0.2) is 19.2 Å². The average molecular weight is 352 g/mol. The van der Waals surface area contributed by atoms with Gasteiger partial charge in [-0.3, -0.25) is 0 Å². The molecular weight excluding hydrogens is 326 g/mol. The summed E-state index contributed by atoms with van der Waals surface area (Å²) >= 11 is 3.58. The van der Waals surface area contributed by atoms with Gasteiger partial charge < -0.3 is 10.1 Å².